The molecule has 2 rings (SSSR count). The molecule has 2 aliphatic rings. The van der Waals surface area contributed by atoms with Gasteiger partial charge in [0.15, 0.2) is 0 Å². The smallest absolute Gasteiger partial charge is 0.231 e. The second-order valence-electron chi connectivity index (χ2n) is 5.01. The van der Waals surface area contributed by atoms with Crippen molar-refractivity contribution in [2.45, 2.75) is 13.8 Å². The molecule has 2 heterocycles. The van der Waals surface area contributed by atoms with Crippen molar-refractivity contribution in [1.29, 1.82) is 0 Å². The van der Waals surface area contributed by atoms with E-state index < -0.39 is 5.41 Å². The van der Waals surface area contributed by atoms with Gasteiger partial charge in [0.1, 0.15) is 0 Å². The maximum atomic E-state index is 12.0. The standard InChI is InChI=1S/C11H18N2O2.ClH/c1-11(2,7-14)10(15)13-5-8-3-12-4-9(8)6-13;/h12,14H,3-7H2,1-2H3;1H. The fraction of sp³-hybridized carbons (Fsp3) is 0.727. The van der Waals surface area contributed by atoms with Gasteiger partial charge in [0.25, 0.3) is 0 Å². The fourth-order valence-corrected chi connectivity index (χ4v) is 2.11. The van der Waals surface area contributed by atoms with E-state index in [0.717, 1.165) is 26.2 Å². The molecule has 16 heavy (non-hydrogen) atoms. The second-order valence-corrected chi connectivity index (χ2v) is 5.01. The predicted octanol–water partition coefficient (Wildman–Crippen LogP) is 0.169. The van der Waals surface area contributed by atoms with E-state index in [-0.39, 0.29) is 24.9 Å². The topological polar surface area (TPSA) is 52.6 Å². The number of carbonyl (C=O) groups excluding carboxylic acids is 1. The van der Waals surface area contributed by atoms with Crippen LogP contribution in [-0.4, -0.2) is 48.7 Å². The lowest BCUT2D eigenvalue weighted by Crippen LogP contribution is -2.43. The Morgan fingerprint density at radius 3 is 2.31 bits per heavy atom. The minimum absolute atomic E-state index is 0. The molecule has 0 saturated carbocycles. The fourth-order valence-electron chi connectivity index (χ4n) is 2.11. The Morgan fingerprint density at radius 1 is 1.38 bits per heavy atom. The van der Waals surface area contributed by atoms with Crippen LogP contribution in [0.15, 0.2) is 11.1 Å². The number of hydrogen-bond donors (Lipinski definition) is 2. The lowest BCUT2D eigenvalue weighted by molar-refractivity contribution is -0.141. The molecule has 92 valence electrons. The number of aliphatic hydroxyl groups is 1. The van der Waals surface area contributed by atoms with Crippen molar-refractivity contribution in [2.75, 3.05) is 32.8 Å². The lowest BCUT2D eigenvalue weighted by atomic mass is 9.93. The molecule has 5 heteroatoms. The van der Waals surface area contributed by atoms with E-state index in [1.54, 1.807) is 13.8 Å². The molecular weight excluding hydrogens is 228 g/mol. The van der Waals surface area contributed by atoms with Gasteiger partial charge < -0.3 is 15.3 Å². The number of hydrogen-bond acceptors (Lipinski definition) is 3. The Balaban J connectivity index is 0.00000128. The third kappa shape index (κ3) is 2.24. The van der Waals surface area contributed by atoms with Crippen LogP contribution in [0, 0.1) is 5.41 Å². The maximum Gasteiger partial charge on any atom is 0.231 e. The first-order valence-corrected chi connectivity index (χ1v) is 5.35. The Hall–Kier alpha value is -0.580. The molecule has 1 amide bonds. The Bertz CT molecular complexity index is 310. The van der Waals surface area contributed by atoms with Crippen LogP contribution in [0.25, 0.3) is 0 Å². The Labute approximate surface area is 102 Å². The minimum Gasteiger partial charge on any atom is -0.395 e. The molecule has 0 atom stereocenters. The van der Waals surface area contributed by atoms with Gasteiger partial charge in [-0.3, -0.25) is 4.79 Å². The Morgan fingerprint density at radius 2 is 1.88 bits per heavy atom. The minimum atomic E-state index is -0.646. The van der Waals surface area contributed by atoms with E-state index in [0.29, 0.717) is 0 Å². The summed E-state index contributed by atoms with van der Waals surface area (Å²) in [5.74, 6) is 0.0550. The SMILES string of the molecule is CC(C)(CO)C(=O)N1CC2=C(CNC2)C1.Cl. The lowest BCUT2D eigenvalue weighted by Gasteiger charge is -2.28. The van der Waals surface area contributed by atoms with Gasteiger partial charge in [0.05, 0.1) is 12.0 Å². The van der Waals surface area contributed by atoms with Gasteiger partial charge in [-0.15, -0.1) is 12.4 Å². The largest absolute Gasteiger partial charge is 0.395 e. The summed E-state index contributed by atoms with van der Waals surface area (Å²) in [6.07, 6.45) is 0. The summed E-state index contributed by atoms with van der Waals surface area (Å²) in [5.41, 5.74) is 2.07. The Kier molecular flexibility index (Phi) is 3.99. The van der Waals surface area contributed by atoms with E-state index >= 15 is 0 Å². The van der Waals surface area contributed by atoms with Crippen molar-refractivity contribution in [3.8, 4) is 0 Å². The number of aliphatic hydroxyl groups excluding tert-OH is 1. The monoisotopic (exact) mass is 246 g/mol. The number of rotatable bonds is 2. The van der Waals surface area contributed by atoms with Crippen molar-refractivity contribution >= 4 is 18.3 Å². The van der Waals surface area contributed by atoms with Crippen LogP contribution >= 0.6 is 12.4 Å². The summed E-state index contributed by atoms with van der Waals surface area (Å²) in [6.45, 7) is 6.80. The highest BCUT2D eigenvalue weighted by atomic mass is 35.5. The van der Waals surface area contributed by atoms with E-state index in [2.05, 4.69) is 5.32 Å². The summed E-state index contributed by atoms with van der Waals surface area (Å²) < 4.78 is 0. The molecule has 0 aromatic heterocycles. The van der Waals surface area contributed by atoms with Crippen molar-refractivity contribution in [3.63, 3.8) is 0 Å². The van der Waals surface area contributed by atoms with Gasteiger partial charge in [-0.25, -0.2) is 0 Å². The number of amides is 1. The molecule has 2 aliphatic heterocycles. The van der Waals surface area contributed by atoms with Gasteiger partial charge in [-0.1, -0.05) is 0 Å². The van der Waals surface area contributed by atoms with Gasteiger partial charge in [-0.2, -0.15) is 0 Å². The molecule has 0 saturated heterocycles. The first-order chi connectivity index (χ1) is 7.04. The van der Waals surface area contributed by atoms with E-state index in [1.165, 1.54) is 11.1 Å². The summed E-state index contributed by atoms with van der Waals surface area (Å²) in [5, 5.41) is 12.4. The molecule has 4 nitrogen and oxygen atoms in total. The molecule has 0 aliphatic carbocycles. The van der Waals surface area contributed by atoms with E-state index in [4.69, 9.17) is 5.11 Å². The van der Waals surface area contributed by atoms with Gasteiger partial charge in [-0.05, 0) is 25.0 Å². The van der Waals surface area contributed by atoms with Gasteiger partial charge in [0.2, 0.25) is 5.91 Å². The van der Waals surface area contributed by atoms with Gasteiger partial charge in [0, 0.05) is 26.2 Å². The summed E-state index contributed by atoms with van der Waals surface area (Å²) in [6, 6.07) is 0. The molecule has 0 fully saturated rings. The second kappa shape index (κ2) is 4.73. The van der Waals surface area contributed by atoms with Crippen LogP contribution in [0.2, 0.25) is 0 Å². The maximum absolute atomic E-state index is 12.0. The van der Waals surface area contributed by atoms with Crippen molar-refractivity contribution in [1.82, 2.24) is 10.2 Å². The average Bonchev–Trinajstić information content (AvgIpc) is 2.75. The normalized spacial score (nSPS) is 19.8. The summed E-state index contributed by atoms with van der Waals surface area (Å²) in [7, 11) is 0. The molecule has 0 aromatic carbocycles. The first kappa shape index (κ1) is 13.5. The highest BCUT2D eigenvalue weighted by Crippen LogP contribution is 2.25. The first-order valence-electron chi connectivity index (χ1n) is 5.35. The zero-order valence-corrected chi connectivity index (χ0v) is 10.6. The third-order valence-corrected chi connectivity index (χ3v) is 3.20. The molecule has 0 spiro atoms. The highest BCUT2D eigenvalue weighted by molar-refractivity contribution is 5.85. The number of halogens is 1. The average molecular weight is 247 g/mol. The van der Waals surface area contributed by atoms with Crippen molar-refractivity contribution in [3.05, 3.63) is 11.1 Å². The van der Waals surface area contributed by atoms with Crippen LogP contribution in [0.5, 0.6) is 0 Å². The van der Waals surface area contributed by atoms with Crippen LogP contribution in [0.1, 0.15) is 13.8 Å². The predicted molar refractivity (Wildman–Crippen MR) is 64.6 cm³/mol. The van der Waals surface area contributed by atoms with Crippen molar-refractivity contribution < 1.29 is 9.90 Å². The zero-order valence-electron chi connectivity index (χ0n) is 9.75. The van der Waals surface area contributed by atoms with Crippen molar-refractivity contribution in [2.24, 2.45) is 5.41 Å². The number of nitrogens with zero attached hydrogens (tertiary/aromatic N) is 1. The molecule has 0 radical (unpaired) electrons. The van der Waals surface area contributed by atoms with Gasteiger partial charge >= 0.3 is 0 Å². The summed E-state index contributed by atoms with van der Waals surface area (Å²) in [4.78, 5) is 13.9. The van der Waals surface area contributed by atoms with Crippen LogP contribution in [0.3, 0.4) is 0 Å². The quantitative estimate of drug-likeness (QED) is 0.683. The number of carbonyl (C=O) groups is 1. The molecule has 0 unspecified atom stereocenters. The summed E-state index contributed by atoms with van der Waals surface area (Å²) >= 11 is 0. The zero-order chi connectivity index (χ0) is 11.1. The molecule has 2 N–H and O–H groups in total. The van der Waals surface area contributed by atoms with E-state index in [1.807, 2.05) is 4.90 Å². The highest BCUT2D eigenvalue weighted by Gasteiger charge is 2.36. The molecule has 0 bridgehead atoms. The van der Waals surface area contributed by atoms with Crippen LogP contribution in [0.4, 0.5) is 0 Å². The van der Waals surface area contributed by atoms with Crippen LogP contribution < -0.4 is 5.32 Å². The molecular formula is C11H19ClN2O2. The van der Waals surface area contributed by atoms with Crippen LogP contribution in [-0.2, 0) is 4.79 Å². The third-order valence-electron chi connectivity index (χ3n) is 3.20. The van der Waals surface area contributed by atoms with E-state index in [9.17, 15) is 4.79 Å². The molecule has 0 aromatic rings. The number of nitrogens with one attached hydrogen (secondary N) is 1.